The number of aromatic hydroxyl groups is 2. The van der Waals surface area contributed by atoms with Gasteiger partial charge in [0.25, 0.3) is 0 Å². The van der Waals surface area contributed by atoms with Crippen molar-refractivity contribution in [2.75, 3.05) is 0 Å². The van der Waals surface area contributed by atoms with Crippen molar-refractivity contribution in [3.05, 3.63) is 23.3 Å². The average molecular weight is 210 g/mol. The summed E-state index contributed by atoms with van der Waals surface area (Å²) in [6.07, 6.45) is 0. The number of aromatic carboxylic acids is 1. The SMILES string of the molecule is CC(C)(C)c1c(O)ccc(O)c1C(=O)O. The molecule has 0 unspecified atom stereocenters. The summed E-state index contributed by atoms with van der Waals surface area (Å²) in [5.74, 6) is -1.68. The molecular formula is C11H14O4. The van der Waals surface area contributed by atoms with E-state index in [0.717, 1.165) is 0 Å². The van der Waals surface area contributed by atoms with Crippen LogP contribution in [0.1, 0.15) is 36.7 Å². The van der Waals surface area contributed by atoms with Crippen LogP contribution in [0.4, 0.5) is 0 Å². The monoisotopic (exact) mass is 210 g/mol. The van der Waals surface area contributed by atoms with Crippen LogP contribution in [0, 0.1) is 0 Å². The summed E-state index contributed by atoms with van der Waals surface area (Å²) in [6, 6.07) is 2.47. The van der Waals surface area contributed by atoms with Gasteiger partial charge in [0, 0.05) is 5.56 Å². The van der Waals surface area contributed by atoms with E-state index in [9.17, 15) is 15.0 Å². The molecule has 1 rings (SSSR count). The Morgan fingerprint density at radius 3 is 1.93 bits per heavy atom. The molecule has 3 N–H and O–H groups in total. The molecule has 4 heteroatoms. The minimum absolute atomic E-state index is 0.113. The minimum atomic E-state index is -1.24. The van der Waals surface area contributed by atoms with Gasteiger partial charge in [-0.25, -0.2) is 4.79 Å². The molecule has 4 nitrogen and oxygen atoms in total. The number of carboxylic acids is 1. The van der Waals surface area contributed by atoms with Gasteiger partial charge in [0.2, 0.25) is 0 Å². The molecule has 1 aromatic carbocycles. The summed E-state index contributed by atoms with van der Waals surface area (Å²) < 4.78 is 0. The molecule has 0 aliphatic carbocycles. The highest BCUT2D eigenvalue weighted by Crippen LogP contribution is 2.37. The maximum atomic E-state index is 11.0. The number of hydrogen-bond donors (Lipinski definition) is 3. The fraction of sp³-hybridized carbons (Fsp3) is 0.364. The Morgan fingerprint density at radius 2 is 1.60 bits per heavy atom. The molecule has 0 aromatic heterocycles. The molecule has 0 radical (unpaired) electrons. The second-order valence-corrected chi connectivity index (χ2v) is 4.41. The first-order valence-corrected chi connectivity index (χ1v) is 4.54. The van der Waals surface area contributed by atoms with Gasteiger partial charge in [0.1, 0.15) is 17.1 Å². The van der Waals surface area contributed by atoms with E-state index in [1.165, 1.54) is 12.1 Å². The van der Waals surface area contributed by atoms with E-state index in [-0.39, 0.29) is 22.6 Å². The van der Waals surface area contributed by atoms with Crippen LogP contribution >= 0.6 is 0 Å². The van der Waals surface area contributed by atoms with Gasteiger partial charge in [-0.15, -0.1) is 0 Å². The number of phenols is 2. The Bertz CT molecular complexity index is 402. The highest BCUT2D eigenvalue weighted by molar-refractivity contribution is 5.93. The molecule has 0 fully saturated rings. The molecule has 0 heterocycles. The van der Waals surface area contributed by atoms with Crippen LogP contribution in [0.15, 0.2) is 12.1 Å². The Morgan fingerprint density at radius 1 is 1.13 bits per heavy atom. The first-order chi connectivity index (χ1) is 6.75. The molecule has 0 saturated heterocycles. The molecule has 0 saturated carbocycles. The third-order valence-electron chi connectivity index (χ3n) is 2.13. The van der Waals surface area contributed by atoms with Crippen LogP contribution in [0.2, 0.25) is 0 Å². The second-order valence-electron chi connectivity index (χ2n) is 4.41. The molecule has 0 atom stereocenters. The van der Waals surface area contributed by atoms with Crippen molar-refractivity contribution >= 4 is 5.97 Å². The fourth-order valence-electron chi connectivity index (χ4n) is 1.56. The summed E-state index contributed by atoms with van der Waals surface area (Å²) in [5.41, 5.74) is -0.534. The second kappa shape index (κ2) is 3.46. The van der Waals surface area contributed by atoms with E-state index in [1.54, 1.807) is 20.8 Å². The lowest BCUT2D eigenvalue weighted by Crippen LogP contribution is -2.17. The molecular weight excluding hydrogens is 196 g/mol. The first kappa shape index (κ1) is 11.4. The number of carbonyl (C=O) groups is 1. The maximum absolute atomic E-state index is 11.0. The lowest BCUT2D eigenvalue weighted by molar-refractivity contribution is 0.0690. The molecule has 0 amide bonds. The van der Waals surface area contributed by atoms with Crippen LogP contribution in [-0.4, -0.2) is 21.3 Å². The van der Waals surface area contributed by atoms with Gasteiger partial charge in [-0.05, 0) is 17.5 Å². The Balaban J connectivity index is 3.60. The quantitative estimate of drug-likeness (QED) is 0.620. The van der Waals surface area contributed by atoms with Crippen molar-refractivity contribution in [1.29, 1.82) is 0 Å². The lowest BCUT2D eigenvalue weighted by Gasteiger charge is -2.23. The van der Waals surface area contributed by atoms with Crippen LogP contribution in [0.5, 0.6) is 11.5 Å². The molecule has 15 heavy (non-hydrogen) atoms. The van der Waals surface area contributed by atoms with Gasteiger partial charge in [-0.2, -0.15) is 0 Å². The van der Waals surface area contributed by atoms with Gasteiger partial charge in [-0.3, -0.25) is 0 Å². The van der Waals surface area contributed by atoms with Crippen molar-refractivity contribution in [2.45, 2.75) is 26.2 Å². The van der Waals surface area contributed by atoms with Crippen molar-refractivity contribution in [3.8, 4) is 11.5 Å². The summed E-state index contributed by atoms with van der Waals surface area (Å²) in [7, 11) is 0. The highest BCUT2D eigenvalue weighted by atomic mass is 16.4. The van der Waals surface area contributed by atoms with Crippen LogP contribution in [0.25, 0.3) is 0 Å². The molecule has 0 spiro atoms. The van der Waals surface area contributed by atoms with E-state index >= 15 is 0 Å². The van der Waals surface area contributed by atoms with Gasteiger partial charge in [0.05, 0.1) is 0 Å². The zero-order chi connectivity index (χ0) is 11.8. The topological polar surface area (TPSA) is 77.8 Å². The van der Waals surface area contributed by atoms with Gasteiger partial charge >= 0.3 is 5.97 Å². The normalized spacial score (nSPS) is 11.4. The first-order valence-electron chi connectivity index (χ1n) is 4.54. The number of benzene rings is 1. The van der Waals surface area contributed by atoms with E-state index < -0.39 is 11.4 Å². The fourth-order valence-corrected chi connectivity index (χ4v) is 1.56. The van der Waals surface area contributed by atoms with E-state index in [1.807, 2.05) is 0 Å². The Kier molecular flexibility index (Phi) is 2.62. The van der Waals surface area contributed by atoms with Gasteiger partial charge in [0.15, 0.2) is 0 Å². The summed E-state index contributed by atoms with van der Waals surface area (Å²) in [5, 5.41) is 28.0. The van der Waals surface area contributed by atoms with Crippen molar-refractivity contribution in [2.24, 2.45) is 0 Å². The maximum Gasteiger partial charge on any atom is 0.339 e. The number of rotatable bonds is 1. The molecule has 82 valence electrons. The average Bonchev–Trinajstić information content (AvgIpc) is 2.05. The van der Waals surface area contributed by atoms with Gasteiger partial charge in [-0.1, -0.05) is 20.8 Å². The van der Waals surface area contributed by atoms with Crippen LogP contribution < -0.4 is 0 Å². The number of carboxylic acid groups (broad SMARTS) is 1. The Hall–Kier alpha value is -1.71. The van der Waals surface area contributed by atoms with Crippen molar-refractivity contribution < 1.29 is 20.1 Å². The molecule has 0 bridgehead atoms. The standard InChI is InChI=1S/C11H14O4/c1-11(2,3)9-7(13)5-4-6(12)8(9)10(14)15/h4-5,12-13H,1-3H3,(H,14,15). The summed E-state index contributed by atoms with van der Waals surface area (Å²) in [6.45, 7) is 5.32. The third kappa shape index (κ3) is 2.03. The smallest absolute Gasteiger partial charge is 0.339 e. The van der Waals surface area contributed by atoms with E-state index in [0.29, 0.717) is 0 Å². The largest absolute Gasteiger partial charge is 0.508 e. The number of hydrogen-bond acceptors (Lipinski definition) is 3. The zero-order valence-corrected chi connectivity index (χ0v) is 8.90. The molecule has 0 aliphatic heterocycles. The minimum Gasteiger partial charge on any atom is -0.508 e. The predicted octanol–water partition coefficient (Wildman–Crippen LogP) is 2.09. The van der Waals surface area contributed by atoms with Crippen LogP contribution in [-0.2, 0) is 5.41 Å². The van der Waals surface area contributed by atoms with Crippen LogP contribution in [0.3, 0.4) is 0 Å². The molecule has 0 aliphatic rings. The van der Waals surface area contributed by atoms with Crippen molar-refractivity contribution in [1.82, 2.24) is 0 Å². The summed E-state index contributed by atoms with van der Waals surface area (Å²) in [4.78, 5) is 11.0. The Labute approximate surface area is 87.8 Å². The van der Waals surface area contributed by atoms with E-state index in [4.69, 9.17) is 5.11 Å². The zero-order valence-electron chi connectivity index (χ0n) is 8.90. The third-order valence-corrected chi connectivity index (χ3v) is 2.13. The lowest BCUT2D eigenvalue weighted by atomic mass is 9.82. The number of phenolic OH excluding ortho intramolecular Hbond substituents is 1. The summed E-state index contributed by atoms with van der Waals surface area (Å²) >= 11 is 0. The van der Waals surface area contributed by atoms with Crippen molar-refractivity contribution in [3.63, 3.8) is 0 Å². The van der Waals surface area contributed by atoms with Gasteiger partial charge < -0.3 is 15.3 Å². The van der Waals surface area contributed by atoms with E-state index in [2.05, 4.69) is 0 Å². The predicted molar refractivity (Wildman–Crippen MR) is 55.4 cm³/mol. The molecule has 1 aromatic rings. The highest BCUT2D eigenvalue weighted by Gasteiger charge is 2.27.